The lowest BCUT2D eigenvalue weighted by Crippen LogP contribution is -2.23. The van der Waals surface area contributed by atoms with Crippen LogP contribution in [0.5, 0.6) is 0 Å². The average molecular weight is 349 g/mol. The SMILES string of the molecule is Cc1c(NC(=O)C[C@@H](C)c2ccccc2)c(=O)n(-c2ccccc2)n1C. The molecule has 1 amide bonds. The van der Waals surface area contributed by atoms with E-state index in [4.69, 9.17) is 0 Å². The van der Waals surface area contributed by atoms with Gasteiger partial charge in [0.25, 0.3) is 5.56 Å². The predicted molar refractivity (Wildman–Crippen MR) is 104 cm³/mol. The lowest BCUT2D eigenvalue weighted by Gasteiger charge is -2.11. The van der Waals surface area contributed by atoms with Crippen molar-refractivity contribution in [1.82, 2.24) is 9.36 Å². The van der Waals surface area contributed by atoms with E-state index >= 15 is 0 Å². The summed E-state index contributed by atoms with van der Waals surface area (Å²) in [4.78, 5) is 25.3. The number of hydrogen-bond donors (Lipinski definition) is 1. The van der Waals surface area contributed by atoms with Crippen LogP contribution in [-0.4, -0.2) is 15.3 Å². The van der Waals surface area contributed by atoms with Crippen molar-refractivity contribution in [3.05, 3.63) is 82.3 Å². The lowest BCUT2D eigenvalue weighted by molar-refractivity contribution is -0.116. The number of amides is 1. The molecule has 3 aromatic rings. The van der Waals surface area contributed by atoms with Crippen LogP contribution in [0.2, 0.25) is 0 Å². The second-order valence-corrected chi connectivity index (χ2v) is 6.50. The topological polar surface area (TPSA) is 56.0 Å². The summed E-state index contributed by atoms with van der Waals surface area (Å²) in [6, 6.07) is 19.3. The van der Waals surface area contributed by atoms with E-state index < -0.39 is 0 Å². The fraction of sp³-hybridized carbons (Fsp3) is 0.238. The molecule has 2 aromatic carbocycles. The Balaban J connectivity index is 1.82. The van der Waals surface area contributed by atoms with Gasteiger partial charge in [0.1, 0.15) is 5.69 Å². The summed E-state index contributed by atoms with van der Waals surface area (Å²) in [5.74, 6) is -0.0797. The van der Waals surface area contributed by atoms with Crippen molar-refractivity contribution in [2.24, 2.45) is 7.05 Å². The summed E-state index contributed by atoms with van der Waals surface area (Å²) in [5.41, 5.74) is 2.70. The van der Waals surface area contributed by atoms with E-state index in [9.17, 15) is 9.59 Å². The number of carbonyl (C=O) groups excluding carboxylic acids is 1. The molecule has 0 fully saturated rings. The van der Waals surface area contributed by atoms with Gasteiger partial charge in [0.05, 0.1) is 11.4 Å². The predicted octanol–water partition coefficient (Wildman–Crippen LogP) is 3.62. The molecule has 0 aliphatic rings. The Bertz CT molecular complexity index is 956. The maximum absolute atomic E-state index is 12.8. The minimum absolute atomic E-state index is 0.0802. The van der Waals surface area contributed by atoms with Gasteiger partial charge in [0.15, 0.2) is 0 Å². The average Bonchev–Trinajstić information content (AvgIpc) is 2.86. The van der Waals surface area contributed by atoms with E-state index in [-0.39, 0.29) is 17.4 Å². The second-order valence-electron chi connectivity index (χ2n) is 6.50. The van der Waals surface area contributed by atoms with Crippen molar-refractivity contribution < 1.29 is 4.79 Å². The first-order chi connectivity index (χ1) is 12.5. The first-order valence-electron chi connectivity index (χ1n) is 8.68. The van der Waals surface area contributed by atoms with Crippen molar-refractivity contribution >= 4 is 11.6 Å². The van der Waals surface area contributed by atoms with Gasteiger partial charge < -0.3 is 5.32 Å². The zero-order valence-corrected chi connectivity index (χ0v) is 15.3. The van der Waals surface area contributed by atoms with Gasteiger partial charge in [-0.25, -0.2) is 4.68 Å². The molecule has 1 heterocycles. The highest BCUT2D eigenvalue weighted by atomic mass is 16.2. The van der Waals surface area contributed by atoms with Crippen molar-refractivity contribution in [2.45, 2.75) is 26.2 Å². The summed E-state index contributed by atoms with van der Waals surface area (Å²) >= 11 is 0. The smallest absolute Gasteiger partial charge is 0.295 e. The van der Waals surface area contributed by atoms with Crippen LogP contribution in [0.4, 0.5) is 5.69 Å². The largest absolute Gasteiger partial charge is 0.320 e. The number of anilines is 1. The summed E-state index contributed by atoms with van der Waals surface area (Å²) in [6.07, 6.45) is 0.323. The zero-order chi connectivity index (χ0) is 18.7. The molecule has 1 aromatic heterocycles. The van der Waals surface area contributed by atoms with Crippen LogP contribution >= 0.6 is 0 Å². The maximum atomic E-state index is 12.8. The highest BCUT2D eigenvalue weighted by Crippen LogP contribution is 2.20. The van der Waals surface area contributed by atoms with Crippen molar-refractivity contribution in [3.63, 3.8) is 0 Å². The Morgan fingerprint density at radius 3 is 2.23 bits per heavy atom. The monoisotopic (exact) mass is 349 g/mol. The third-order valence-corrected chi connectivity index (χ3v) is 4.68. The molecule has 0 saturated carbocycles. The van der Waals surface area contributed by atoms with Gasteiger partial charge in [-0.2, -0.15) is 0 Å². The van der Waals surface area contributed by atoms with Gasteiger partial charge in [0, 0.05) is 13.5 Å². The number of nitrogens with one attached hydrogen (secondary N) is 1. The molecule has 0 aliphatic carbocycles. The molecule has 0 aliphatic heterocycles. The first-order valence-corrected chi connectivity index (χ1v) is 8.68. The van der Waals surface area contributed by atoms with Gasteiger partial charge in [-0.15, -0.1) is 0 Å². The number of carbonyl (C=O) groups is 1. The molecular weight excluding hydrogens is 326 g/mol. The molecule has 0 spiro atoms. The highest BCUT2D eigenvalue weighted by Gasteiger charge is 2.19. The standard InChI is InChI=1S/C21H23N3O2/c1-15(17-10-6-4-7-11-17)14-19(25)22-20-16(2)23(3)24(21(20)26)18-12-8-5-9-13-18/h4-13,15H,14H2,1-3H3,(H,22,25)/t15-/m1/s1. The number of benzene rings is 2. The van der Waals surface area contributed by atoms with E-state index in [0.29, 0.717) is 12.1 Å². The van der Waals surface area contributed by atoms with E-state index in [0.717, 1.165) is 16.9 Å². The van der Waals surface area contributed by atoms with Gasteiger partial charge in [-0.1, -0.05) is 55.5 Å². The Morgan fingerprint density at radius 2 is 1.62 bits per heavy atom. The van der Waals surface area contributed by atoms with E-state index in [1.165, 1.54) is 0 Å². The molecule has 3 rings (SSSR count). The van der Waals surface area contributed by atoms with Crippen LogP contribution in [0.1, 0.15) is 30.5 Å². The minimum atomic E-state index is -0.225. The molecule has 0 saturated heterocycles. The Labute approximate surface area is 152 Å². The number of nitrogens with zero attached hydrogens (tertiary/aromatic N) is 2. The zero-order valence-electron chi connectivity index (χ0n) is 15.3. The van der Waals surface area contributed by atoms with Crippen molar-refractivity contribution in [2.75, 3.05) is 5.32 Å². The van der Waals surface area contributed by atoms with E-state index in [1.54, 1.807) is 9.36 Å². The summed E-state index contributed by atoms with van der Waals surface area (Å²) < 4.78 is 3.32. The van der Waals surface area contributed by atoms with Crippen molar-refractivity contribution in [3.8, 4) is 5.69 Å². The normalized spacial score (nSPS) is 12.0. The Hall–Kier alpha value is -3.08. The number of aromatic nitrogens is 2. The molecule has 26 heavy (non-hydrogen) atoms. The number of rotatable bonds is 5. The minimum Gasteiger partial charge on any atom is -0.320 e. The molecule has 0 bridgehead atoms. The van der Waals surface area contributed by atoms with E-state index in [2.05, 4.69) is 5.32 Å². The quantitative estimate of drug-likeness (QED) is 0.765. The van der Waals surface area contributed by atoms with Crippen LogP contribution in [0.15, 0.2) is 65.5 Å². The van der Waals surface area contributed by atoms with Crippen molar-refractivity contribution in [1.29, 1.82) is 0 Å². The molecule has 0 radical (unpaired) electrons. The molecule has 1 atom stereocenters. The second kappa shape index (κ2) is 7.44. The molecule has 134 valence electrons. The molecular formula is C21H23N3O2. The summed E-state index contributed by atoms with van der Waals surface area (Å²) in [6.45, 7) is 3.84. The lowest BCUT2D eigenvalue weighted by atomic mass is 9.97. The molecule has 5 heteroatoms. The Morgan fingerprint density at radius 1 is 1.04 bits per heavy atom. The van der Waals surface area contributed by atoms with Gasteiger partial charge in [-0.3, -0.25) is 14.3 Å². The van der Waals surface area contributed by atoms with E-state index in [1.807, 2.05) is 81.6 Å². The number of para-hydroxylation sites is 1. The highest BCUT2D eigenvalue weighted by molar-refractivity contribution is 5.91. The fourth-order valence-electron chi connectivity index (χ4n) is 3.08. The fourth-order valence-corrected chi connectivity index (χ4v) is 3.08. The van der Waals surface area contributed by atoms with Gasteiger partial charge >= 0.3 is 0 Å². The van der Waals surface area contributed by atoms with Crippen LogP contribution in [0.3, 0.4) is 0 Å². The van der Waals surface area contributed by atoms with Crippen LogP contribution in [0.25, 0.3) is 5.69 Å². The van der Waals surface area contributed by atoms with Crippen LogP contribution in [-0.2, 0) is 11.8 Å². The number of hydrogen-bond acceptors (Lipinski definition) is 2. The van der Waals surface area contributed by atoms with Gasteiger partial charge in [0.2, 0.25) is 5.91 Å². The Kier molecular flexibility index (Phi) is 5.07. The summed E-state index contributed by atoms with van der Waals surface area (Å²) in [7, 11) is 1.81. The molecule has 5 nitrogen and oxygen atoms in total. The molecule has 1 N–H and O–H groups in total. The van der Waals surface area contributed by atoms with Gasteiger partial charge in [-0.05, 0) is 30.5 Å². The third kappa shape index (κ3) is 3.47. The molecule has 0 unspecified atom stereocenters. The maximum Gasteiger partial charge on any atom is 0.295 e. The van der Waals surface area contributed by atoms with Crippen LogP contribution in [0, 0.1) is 6.92 Å². The summed E-state index contributed by atoms with van der Waals surface area (Å²) in [5, 5.41) is 2.82. The third-order valence-electron chi connectivity index (χ3n) is 4.68. The van der Waals surface area contributed by atoms with Crippen LogP contribution < -0.4 is 10.9 Å². The first kappa shape index (κ1) is 17.7.